The van der Waals surface area contributed by atoms with E-state index in [1.807, 2.05) is 0 Å². The molecule has 2 aromatic rings. The fourth-order valence-electron chi connectivity index (χ4n) is 1.62. The van der Waals surface area contributed by atoms with Crippen LogP contribution in [0.2, 0.25) is 0 Å². The summed E-state index contributed by atoms with van der Waals surface area (Å²) in [6, 6.07) is 13.4. The number of phenolic OH excluding ortho intramolecular Hbond substituents is 1. The van der Waals surface area contributed by atoms with Crippen molar-refractivity contribution in [2.24, 2.45) is 5.10 Å². The van der Waals surface area contributed by atoms with Crippen molar-refractivity contribution in [1.29, 1.82) is 0 Å². The van der Waals surface area contributed by atoms with Crippen LogP contribution in [0, 0.1) is 0 Å². The molecule has 0 aliphatic carbocycles. The van der Waals surface area contributed by atoms with Crippen LogP contribution in [0.25, 0.3) is 0 Å². The van der Waals surface area contributed by atoms with Gasteiger partial charge >= 0.3 is 0 Å². The fourth-order valence-corrected chi connectivity index (χ4v) is 2.02. The first-order valence-corrected chi connectivity index (χ1v) is 6.91. The van der Waals surface area contributed by atoms with Crippen LogP contribution in [0.15, 0.2) is 58.1 Å². The quantitative estimate of drug-likeness (QED) is 0.585. The van der Waals surface area contributed by atoms with Crippen LogP contribution in [0.4, 0.5) is 0 Å². The van der Waals surface area contributed by atoms with Crippen LogP contribution >= 0.6 is 15.9 Å². The van der Waals surface area contributed by atoms with Gasteiger partial charge in [-0.2, -0.15) is 5.10 Å². The summed E-state index contributed by atoms with van der Waals surface area (Å²) in [7, 11) is 0. The highest BCUT2D eigenvalue weighted by Gasteiger charge is 2.15. The summed E-state index contributed by atoms with van der Waals surface area (Å²) in [4.78, 5) is 11.7. The van der Waals surface area contributed by atoms with E-state index in [9.17, 15) is 15.0 Å². The lowest BCUT2D eigenvalue weighted by Gasteiger charge is -2.08. The van der Waals surface area contributed by atoms with Gasteiger partial charge in [0.05, 0.1) is 10.7 Å². The summed E-state index contributed by atoms with van der Waals surface area (Å²) in [5, 5.41) is 23.0. The van der Waals surface area contributed by atoms with E-state index in [1.54, 1.807) is 42.5 Å². The Balaban J connectivity index is 1.97. The Hall–Kier alpha value is -2.18. The zero-order chi connectivity index (χ0) is 15.2. The van der Waals surface area contributed by atoms with Gasteiger partial charge in [-0.3, -0.25) is 4.79 Å². The highest BCUT2D eigenvalue weighted by molar-refractivity contribution is 9.10. The van der Waals surface area contributed by atoms with E-state index in [2.05, 4.69) is 26.5 Å². The van der Waals surface area contributed by atoms with Crippen LogP contribution < -0.4 is 5.43 Å². The van der Waals surface area contributed by atoms with Gasteiger partial charge in [0.2, 0.25) is 0 Å². The van der Waals surface area contributed by atoms with Gasteiger partial charge < -0.3 is 10.2 Å². The molecule has 0 fully saturated rings. The summed E-state index contributed by atoms with van der Waals surface area (Å²) >= 11 is 3.18. The number of aromatic hydroxyl groups is 1. The molecule has 1 atom stereocenters. The van der Waals surface area contributed by atoms with Gasteiger partial charge in [-0.25, -0.2) is 5.43 Å². The molecular weight excluding hydrogens is 336 g/mol. The molecule has 0 aliphatic rings. The van der Waals surface area contributed by atoms with E-state index < -0.39 is 12.0 Å². The molecule has 0 heterocycles. The number of phenols is 1. The van der Waals surface area contributed by atoms with Crippen molar-refractivity contribution in [2.75, 3.05) is 0 Å². The minimum Gasteiger partial charge on any atom is -0.507 e. The van der Waals surface area contributed by atoms with Crippen molar-refractivity contribution < 1.29 is 15.0 Å². The average molecular weight is 349 g/mol. The standard InChI is InChI=1S/C15H13BrN2O3/c16-12-8-10(6-7-13(12)19)9-17-18-15(21)14(20)11-4-2-1-3-5-11/h1-9,14,19-20H,(H,18,21)/b17-9-/t14-/m1/s1. The number of aliphatic hydroxyl groups excluding tert-OH is 1. The van der Waals surface area contributed by atoms with Crippen LogP contribution in [0.1, 0.15) is 17.2 Å². The third-order valence-corrected chi connectivity index (χ3v) is 3.36. The second-order valence-electron chi connectivity index (χ2n) is 4.26. The SMILES string of the molecule is O=C(N/N=C\c1ccc(O)c(Br)c1)[C@H](O)c1ccccc1. The van der Waals surface area contributed by atoms with Crippen molar-refractivity contribution in [3.63, 3.8) is 0 Å². The number of amides is 1. The summed E-state index contributed by atoms with van der Waals surface area (Å²) < 4.78 is 0.530. The van der Waals surface area contributed by atoms with Gasteiger partial charge in [-0.15, -0.1) is 0 Å². The summed E-state index contributed by atoms with van der Waals surface area (Å²) in [6.45, 7) is 0. The zero-order valence-electron chi connectivity index (χ0n) is 10.9. The molecule has 0 bridgehead atoms. The number of halogens is 1. The molecule has 0 radical (unpaired) electrons. The summed E-state index contributed by atoms with van der Waals surface area (Å²) in [5.74, 6) is -0.494. The Morgan fingerprint density at radius 1 is 1.24 bits per heavy atom. The Morgan fingerprint density at radius 2 is 1.95 bits per heavy atom. The molecule has 1 amide bonds. The number of nitrogens with one attached hydrogen (secondary N) is 1. The maximum absolute atomic E-state index is 11.7. The molecule has 0 saturated heterocycles. The highest BCUT2D eigenvalue weighted by atomic mass is 79.9. The largest absolute Gasteiger partial charge is 0.507 e. The maximum Gasteiger partial charge on any atom is 0.273 e. The average Bonchev–Trinajstić information content (AvgIpc) is 2.51. The van der Waals surface area contributed by atoms with Crippen molar-refractivity contribution in [1.82, 2.24) is 5.43 Å². The van der Waals surface area contributed by atoms with E-state index >= 15 is 0 Å². The smallest absolute Gasteiger partial charge is 0.273 e. The van der Waals surface area contributed by atoms with E-state index in [0.29, 0.717) is 15.6 Å². The number of nitrogens with zero attached hydrogens (tertiary/aromatic N) is 1. The van der Waals surface area contributed by atoms with E-state index in [0.717, 1.165) is 0 Å². The lowest BCUT2D eigenvalue weighted by atomic mass is 10.1. The van der Waals surface area contributed by atoms with Crippen molar-refractivity contribution in [2.45, 2.75) is 6.10 Å². The molecule has 2 rings (SSSR count). The van der Waals surface area contributed by atoms with Gasteiger partial charge in [-0.1, -0.05) is 30.3 Å². The predicted molar refractivity (Wildman–Crippen MR) is 82.9 cm³/mol. The Bertz CT molecular complexity index is 659. The topological polar surface area (TPSA) is 81.9 Å². The number of hydrazone groups is 1. The number of rotatable bonds is 4. The lowest BCUT2D eigenvalue weighted by molar-refractivity contribution is -0.129. The molecular formula is C15H13BrN2O3. The minimum atomic E-state index is -1.27. The molecule has 2 aromatic carbocycles. The third-order valence-electron chi connectivity index (χ3n) is 2.72. The number of carbonyl (C=O) groups is 1. The first-order chi connectivity index (χ1) is 10.1. The van der Waals surface area contributed by atoms with Crippen LogP contribution in [-0.2, 0) is 4.79 Å². The van der Waals surface area contributed by atoms with Crippen LogP contribution in [0.5, 0.6) is 5.75 Å². The maximum atomic E-state index is 11.7. The summed E-state index contributed by atoms with van der Waals surface area (Å²) in [6.07, 6.45) is 0.148. The molecule has 0 aliphatic heterocycles. The second-order valence-corrected chi connectivity index (χ2v) is 5.11. The Kier molecular flexibility index (Phi) is 5.08. The van der Waals surface area contributed by atoms with Crippen LogP contribution in [0.3, 0.4) is 0 Å². The van der Waals surface area contributed by atoms with E-state index in [-0.39, 0.29) is 5.75 Å². The van der Waals surface area contributed by atoms with Gasteiger partial charge in [0.25, 0.3) is 5.91 Å². The van der Waals surface area contributed by atoms with Gasteiger partial charge in [0.15, 0.2) is 6.10 Å². The van der Waals surface area contributed by atoms with Crippen molar-refractivity contribution in [3.05, 3.63) is 64.1 Å². The van der Waals surface area contributed by atoms with Crippen molar-refractivity contribution in [3.8, 4) is 5.75 Å². The van der Waals surface area contributed by atoms with Gasteiger partial charge in [0.1, 0.15) is 5.75 Å². The molecule has 21 heavy (non-hydrogen) atoms. The molecule has 108 valence electrons. The zero-order valence-corrected chi connectivity index (χ0v) is 12.5. The number of benzene rings is 2. The molecule has 5 nitrogen and oxygen atoms in total. The van der Waals surface area contributed by atoms with Crippen molar-refractivity contribution >= 4 is 28.1 Å². The van der Waals surface area contributed by atoms with Gasteiger partial charge in [-0.05, 0) is 45.3 Å². The minimum absolute atomic E-state index is 0.121. The Labute approximate surface area is 130 Å². The number of aliphatic hydroxyl groups is 1. The molecule has 0 unspecified atom stereocenters. The second kappa shape index (κ2) is 7.01. The lowest BCUT2D eigenvalue weighted by Crippen LogP contribution is -2.25. The van der Waals surface area contributed by atoms with Crippen LogP contribution in [-0.4, -0.2) is 22.3 Å². The molecule has 0 spiro atoms. The third kappa shape index (κ3) is 4.14. The molecule has 0 saturated carbocycles. The van der Waals surface area contributed by atoms with E-state index in [1.165, 1.54) is 12.3 Å². The first kappa shape index (κ1) is 15.2. The normalized spacial score (nSPS) is 12.3. The Morgan fingerprint density at radius 3 is 2.62 bits per heavy atom. The highest BCUT2D eigenvalue weighted by Crippen LogP contribution is 2.23. The number of hydrogen-bond acceptors (Lipinski definition) is 4. The predicted octanol–water partition coefficient (Wildman–Crippen LogP) is 2.34. The molecule has 6 heteroatoms. The molecule has 0 aromatic heterocycles. The number of carbonyl (C=O) groups excluding carboxylic acids is 1. The molecule has 3 N–H and O–H groups in total. The monoisotopic (exact) mass is 348 g/mol. The van der Waals surface area contributed by atoms with Gasteiger partial charge in [0, 0.05) is 0 Å². The first-order valence-electron chi connectivity index (χ1n) is 6.12. The van der Waals surface area contributed by atoms with E-state index in [4.69, 9.17) is 0 Å². The number of hydrogen-bond donors (Lipinski definition) is 3. The summed E-state index contributed by atoms with van der Waals surface area (Å²) in [5.41, 5.74) is 3.45. The fraction of sp³-hybridized carbons (Fsp3) is 0.0667.